The summed E-state index contributed by atoms with van der Waals surface area (Å²) in [5, 5.41) is 1.26. The molecule has 0 aliphatic carbocycles. The molecule has 6 heteroatoms. The van der Waals surface area contributed by atoms with Gasteiger partial charge in [0.2, 0.25) is 9.84 Å². The number of aromatic nitrogens is 1. The molecular formula is C15H14N2O3S. The second-order valence-electron chi connectivity index (χ2n) is 4.66. The molecule has 1 aliphatic heterocycles. The first kappa shape index (κ1) is 13.8. The van der Waals surface area contributed by atoms with E-state index in [9.17, 15) is 8.42 Å². The van der Waals surface area contributed by atoms with Crippen LogP contribution in [0.4, 0.5) is 0 Å². The molecular weight excluding hydrogens is 288 g/mol. The fourth-order valence-corrected chi connectivity index (χ4v) is 3.86. The normalized spacial score (nSPS) is 15.4. The lowest BCUT2D eigenvalue weighted by molar-refractivity contribution is 0.368. The summed E-state index contributed by atoms with van der Waals surface area (Å²) in [7, 11) is -3.40. The Morgan fingerprint density at radius 3 is 2.76 bits per heavy atom. The topological polar surface area (TPSA) is 82.3 Å². The van der Waals surface area contributed by atoms with Crippen LogP contribution in [0.25, 0.3) is 5.57 Å². The highest BCUT2D eigenvalue weighted by Gasteiger charge is 2.28. The number of nitrogens with two attached hydrogens (primary N) is 1. The van der Waals surface area contributed by atoms with Crippen LogP contribution in [0.2, 0.25) is 0 Å². The second kappa shape index (κ2) is 5.31. The van der Waals surface area contributed by atoms with Crippen LogP contribution in [0.5, 0.6) is 5.75 Å². The van der Waals surface area contributed by atoms with Crippen LogP contribution in [0.15, 0.2) is 53.0 Å². The molecule has 0 unspecified atom stereocenters. The van der Waals surface area contributed by atoms with Crippen LogP contribution in [0.3, 0.4) is 0 Å². The van der Waals surface area contributed by atoms with Crippen LogP contribution >= 0.6 is 0 Å². The first-order valence-electron chi connectivity index (χ1n) is 6.42. The number of ether oxygens (including phenoxy) is 1. The zero-order valence-electron chi connectivity index (χ0n) is 11.2. The predicted molar refractivity (Wildman–Crippen MR) is 79.2 cm³/mol. The molecule has 1 aliphatic rings. The number of rotatable bonds is 4. The van der Waals surface area contributed by atoms with Crippen molar-refractivity contribution in [2.24, 2.45) is 5.73 Å². The SMILES string of the molecule is NCc1cccc2c1C(COc1cccnc1)=CS2(=O)=O. The molecule has 0 spiro atoms. The highest BCUT2D eigenvalue weighted by Crippen LogP contribution is 2.35. The van der Waals surface area contributed by atoms with Gasteiger partial charge in [-0.05, 0) is 23.8 Å². The highest BCUT2D eigenvalue weighted by molar-refractivity contribution is 7.95. The van der Waals surface area contributed by atoms with E-state index in [4.69, 9.17) is 10.5 Å². The first-order valence-corrected chi connectivity index (χ1v) is 7.97. The molecule has 3 rings (SSSR count). The van der Waals surface area contributed by atoms with Crippen molar-refractivity contribution in [2.75, 3.05) is 6.61 Å². The largest absolute Gasteiger partial charge is 0.487 e. The summed E-state index contributed by atoms with van der Waals surface area (Å²) in [5.74, 6) is 0.592. The third kappa shape index (κ3) is 2.55. The van der Waals surface area contributed by atoms with Gasteiger partial charge in [-0.3, -0.25) is 4.98 Å². The molecule has 5 nitrogen and oxygen atoms in total. The minimum absolute atomic E-state index is 0.162. The number of nitrogens with zero attached hydrogens (tertiary/aromatic N) is 1. The van der Waals surface area contributed by atoms with Crippen molar-refractivity contribution in [3.8, 4) is 5.75 Å². The van der Waals surface area contributed by atoms with Crippen molar-refractivity contribution in [3.05, 3.63) is 59.3 Å². The molecule has 2 aromatic rings. The molecule has 0 saturated carbocycles. The van der Waals surface area contributed by atoms with Gasteiger partial charge in [0.15, 0.2) is 0 Å². The summed E-state index contributed by atoms with van der Waals surface area (Å²) >= 11 is 0. The van der Waals surface area contributed by atoms with Gasteiger partial charge in [0, 0.05) is 29.3 Å². The fraction of sp³-hybridized carbons (Fsp3) is 0.133. The van der Waals surface area contributed by atoms with Gasteiger partial charge in [0.05, 0.1) is 11.1 Å². The maximum atomic E-state index is 12.2. The molecule has 0 saturated heterocycles. The number of hydrogen-bond acceptors (Lipinski definition) is 5. The summed E-state index contributed by atoms with van der Waals surface area (Å²) in [6, 6.07) is 8.66. The third-order valence-corrected chi connectivity index (χ3v) is 4.83. The van der Waals surface area contributed by atoms with E-state index >= 15 is 0 Å². The molecule has 0 fully saturated rings. The molecule has 0 bridgehead atoms. The van der Waals surface area contributed by atoms with Gasteiger partial charge in [-0.2, -0.15) is 0 Å². The van der Waals surface area contributed by atoms with Gasteiger partial charge in [0.25, 0.3) is 0 Å². The van der Waals surface area contributed by atoms with E-state index < -0.39 is 9.84 Å². The Bertz CT molecular complexity index is 799. The number of sulfone groups is 1. The van der Waals surface area contributed by atoms with Gasteiger partial charge < -0.3 is 10.5 Å². The molecule has 2 N–H and O–H groups in total. The van der Waals surface area contributed by atoms with E-state index in [-0.39, 0.29) is 13.2 Å². The maximum Gasteiger partial charge on any atom is 0.200 e. The van der Waals surface area contributed by atoms with Crippen molar-refractivity contribution in [1.82, 2.24) is 4.98 Å². The lowest BCUT2D eigenvalue weighted by atomic mass is 10.0. The number of fused-ring (bicyclic) bond motifs is 1. The highest BCUT2D eigenvalue weighted by atomic mass is 32.2. The minimum Gasteiger partial charge on any atom is -0.487 e. The molecule has 2 heterocycles. The number of benzene rings is 1. The van der Waals surface area contributed by atoms with E-state index in [1.165, 1.54) is 5.41 Å². The smallest absolute Gasteiger partial charge is 0.200 e. The van der Waals surface area contributed by atoms with Crippen LogP contribution in [0, 0.1) is 0 Å². The van der Waals surface area contributed by atoms with E-state index in [1.807, 2.05) is 6.07 Å². The van der Waals surface area contributed by atoms with Crippen LogP contribution in [-0.4, -0.2) is 20.0 Å². The Labute approximate surface area is 123 Å². The summed E-state index contributed by atoms with van der Waals surface area (Å²) in [6.07, 6.45) is 3.23. The van der Waals surface area contributed by atoms with E-state index in [0.717, 1.165) is 5.56 Å². The Morgan fingerprint density at radius 1 is 1.19 bits per heavy atom. The summed E-state index contributed by atoms with van der Waals surface area (Å²) in [5.41, 5.74) is 7.80. The maximum absolute atomic E-state index is 12.2. The van der Waals surface area contributed by atoms with Crippen molar-refractivity contribution in [1.29, 1.82) is 0 Å². The molecule has 21 heavy (non-hydrogen) atoms. The standard InChI is InChI=1S/C15H14N2O3S/c16-7-11-3-1-5-14-15(11)12(10-21(14,18)19)9-20-13-4-2-6-17-8-13/h1-6,8,10H,7,9,16H2. The van der Waals surface area contributed by atoms with Gasteiger partial charge in [-0.1, -0.05) is 12.1 Å². The van der Waals surface area contributed by atoms with Crippen molar-refractivity contribution >= 4 is 15.4 Å². The average Bonchev–Trinajstić information content (AvgIpc) is 2.77. The average molecular weight is 302 g/mol. The Balaban J connectivity index is 1.95. The van der Waals surface area contributed by atoms with Gasteiger partial charge in [0.1, 0.15) is 12.4 Å². The predicted octanol–water partition coefficient (Wildman–Crippen LogP) is 1.75. The summed E-state index contributed by atoms with van der Waals surface area (Å²) < 4.78 is 29.9. The molecule has 108 valence electrons. The monoisotopic (exact) mass is 302 g/mol. The van der Waals surface area contributed by atoms with Gasteiger partial charge >= 0.3 is 0 Å². The lowest BCUT2D eigenvalue weighted by Crippen LogP contribution is -2.06. The molecule has 0 radical (unpaired) electrons. The summed E-state index contributed by atoms with van der Waals surface area (Å²) in [4.78, 5) is 4.25. The van der Waals surface area contributed by atoms with Gasteiger partial charge in [-0.25, -0.2) is 8.42 Å². The molecule has 0 atom stereocenters. The number of hydrogen-bond donors (Lipinski definition) is 1. The Kier molecular flexibility index (Phi) is 3.48. The van der Waals surface area contributed by atoms with Crippen molar-refractivity contribution < 1.29 is 13.2 Å². The van der Waals surface area contributed by atoms with E-state index in [2.05, 4.69) is 4.98 Å². The molecule has 0 amide bonds. The Hall–Kier alpha value is -2.18. The second-order valence-corrected chi connectivity index (χ2v) is 6.43. The molecule has 1 aromatic carbocycles. The Morgan fingerprint density at radius 2 is 2.05 bits per heavy atom. The van der Waals surface area contributed by atoms with Crippen LogP contribution < -0.4 is 10.5 Å². The zero-order valence-corrected chi connectivity index (χ0v) is 12.0. The fourth-order valence-electron chi connectivity index (χ4n) is 2.36. The zero-order chi connectivity index (χ0) is 14.9. The quantitative estimate of drug-likeness (QED) is 0.930. The van der Waals surface area contributed by atoms with E-state index in [0.29, 0.717) is 21.8 Å². The number of pyridine rings is 1. The van der Waals surface area contributed by atoms with Crippen molar-refractivity contribution in [3.63, 3.8) is 0 Å². The first-order chi connectivity index (χ1) is 10.1. The van der Waals surface area contributed by atoms with Crippen LogP contribution in [-0.2, 0) is 16.4 Å². The summed E-state index contributed by atoms with van der Waals surface area (Å²) in [6.45, 7) is 0.442. The third-order valence-electron chi connectivity index (χ3n) is 3.29. The van der Waals surface area contributed by atoms with Crippen molar-refractivity contribution in [2.45, 2.75) is 11.4 Å². The minimum atomic E-state index is -3.40. The lowest BCUT2D eigenvalue weighted by Gasteiger charge is -2.11. The van der Waals surface area contributed by atoms with Crippen LogP contribution in [0.1, 0.15) is 11.1 Å². The van der Waals surface area contributed by atoms with Gasteiger partial charge in [-0.15, -0.1) is 0 Å². The molecule has 1 aromatic heterocycles. The van der Waals surface area contributed by atoms with E-state index in [1.54, 1.807) is 36.7 Å².